The van der Waals surface area contributed by atoms with Crippen LogP contribution in [0.4, 0.5) is 4.79 Å². The van der Waals surface area contributed by atoms with Gasteiger partial charge in [-0.25, -0.2) is 10.2 Å². The van der Waals surface area contributed by atoms with Crippen molar-refractivity contribution in [3.63, 3.8) is 0 Å². The van der Waals surface area contributed by atoms with Crippen molar-refractivity contribution in [2.45, 2.75) is 32.1 Å². The van der Waals surface area contributed by atoms with Crippen LogP contribution in [0.1, 0.15) is 37.7 Å². The Morgan fingerprint density at radius 2 is 2.16 bits per heavy atom. The molecule has 0 saturated carbocycles. The molecule has 1 amide bonds. The molecule has 0 saturated heterocycles. The van der Waals surface area contributed by atoms with Crippen molar-refractivity contribution in [1.29, 1.82) is 0 Å². The molecule has 102 valence electrons. The minimum absolute atomic E-state index is 0.378. The second-order valence-electron chi connectivity index (χ2n) is 4.58. The van der Waals surface area contributed by atoms with Crippen LogP contribution in [0.15, 0.2) is 42.1 Å². The molecular weight excluding hydrogens is 240 g/mol. The lowest BCUT2D eigenvalue weighted by atomic mass is 9.87. The van der Waals surface area contributed by atoms with E-state index in [9.17, 15) is 4.79 Å². The molecule has 0 heterocycles. The summed E-state index contributed by atoms with van der Waals surface area (Å²) in [6.07, 6.45) is 4.73. The van der Waals surface area contributed by atoms with Crippen molar-refractivity contribution < 1.29 is 9.53 Å². The van der Waals surface area contributed by atoms with Gasteiger partial charge >= 0.3 is 6.09 Å². The van der Waals surface area contributed by atoms with Gasteiger partial charge in [0.2, 0.25) is 0 Å². The van der Waals surface area contributed by atoms with Gasteiger partial charge in [-0.15, -0.1) is 0 Å². The Labute approximate surface area is 113 Å². The van der Waals surface area contributed by atoms with Crippen molar-refractivity contribution in [1.82, 2.24) is 10.9 Å². The molecule has 4 nitrogen and oxygen atoms in total. The number of rotatable bonds is 4. The number of hydrazine groups is 1. The molecule has 1 aliphatic carbocycles. The molecule has 0 bridgehead atoms. The first kappa shape index (κ1) is 13.5. The van der Waals surface area contributed by atoms with Crippen molar-refractivity contribution in [3.05, 3.63) is 47.7 Å². The van der Waals surface area contributed by atoms with E-state index in [4.69, 9.17) is 4.74 Å². The highest BCUT2D eigenvalue weighted by molar-refractivity contribution is 5.66. The molecule has 1 atom stereocenters. The van der Waals surface area contributed by atoms with Gasteiger partial charge in [0.15, 0.2) is 0 Å². The molecule has 0 aromatic heterocycles. The second-order valence-corrected chi connectivity index (χ2v) is 4.58. The monoisotopic (exact) mass is 260 g/mol. The molecule has 19 heavy (non-hydrogen) atoms. The first-order valence-corrected chi connectivity index (χ1v) is 6.72. The van der Waals surface area contributed by atoms with E-state index in [0.29, 0.717) is 12.5 Å². The van der Waals surface area contributed by atoms with Crippen LogP contribution in [0.2, 0.25) is 0 Å². The van der Waals surface area contributed by atoms with Crippen LogP contribution in [0.5, 0.6) is 0 Å². The molecule has 0 spiro atoms. The normalized spacial score (nSPS) is 18.4. The molecule has 2 rings (SSSR count). The van der Waals surface area contributed by atoms with E-state index in [1.54, 1.807) is 6.92 Å². The molecule has 0 radical (unpaired) electrons. The van der Waals surface area contributed by atoms with Crippen LogP contribution in [0.25, 0.3) is 0 Å². The summed E-state index contributed by atoms with van der Waals surface area (Å²) in [4.78, 5) is 11.1. The average molecular weight is 260 g/mol. The number of hydrogen-bond acceptors (Lipinski definition) is 3. The molecule has 1 aromatic rings. The number of carbonyl (C=O) groups excluding carboxylic acids is 1. The largest absolute Gasteiger partial charge is 0.449 e. The highest BCUT2D eigenvalue weighted by atomic mass is 16.5. The maximum Gasteiger partial charge on any atom is 0.425 e. The highest BCUT2D eigenvalue weighted by Crippen LogP contribution is 2.30. The number of hydrogen-bond donors (Lipinski definition) is 2. The number of benzene rings is 1. The average Bonchev–Trinajstić information content (AvgIpc) is 2.47. The summed E-state index contributed by atoms with van der Waals surface area (Å²) >= 11 is 0. The Morgan fingerprint density at radius 1 is 1.37 bits per heavy atom. The topological polar surface area (TPSA) is 50.4 Å². The summed E-state index contributed by atoms with van der Waals surface area (Å²) in [5.74, 6) is 0.578. The minimum atomic E-state index is -0.436. The molecular formula is C15H20N2O2. The Morgan fingerprint density at radius 3 is 2.79 bits per heavy atom. The molecule has 0 unspecified atom stereocenters. The van der Waals surface area contributed by atoms with E-state index in [0.717, 1.165) is 25.0 Å². The first-order valence-electron chi connectivity index (χ1n) is 6.72. The first-order chi connectivity index (χ1) is 9.29. The molecule has 1 aliphatic rings. The van der Waals surface area contributed by atoms with Crippen LogP contribution >= 0.6 is 0 Å². The van der Waals surface area contributed by atoms with Crippen LogP contribution < -0.4 is 10.9 Å². The van der Waals surface area contributed by atoms with Gasteiger partial charge in [-0.1, -0.05) is 36.4 Å². The summed E-state index contributed by atoms with van der Waals surface area (Å²) in [5, 5.41) is 0. The highest BCUT2D eigenvalue weighted by Gasteiger charge is 2.16. The lowest BCUT2D eigenvalue weighted by molar-refractivity contribution is 0.148. The molecule has 2 N–H and O–H groups in total. The third-order valence-electron chi connectivity index (χ3n) is 3.28. The molecule has 4 heteroatoms. The number of ether oxygens (including phenoxy) is 1. The SMILES string of the molecule is CCOC(=O)NNC1=CC[C@H](c2ccccc2)CC1. The quantitative estimate of drug-likeness (QED) is 0.818. The van der Waals surface area contributed by atoms with E-state index in [-0.39, 0.29) is 0 Å². The number of allylic oxidation sites excluding steroid dienone is 2. The third kappa shape index (κ3) is 4.02. The fourth-order valence-corrected chi connectivity index (χ4v) is 2.27. The zero-order chi connectivity index (χ0) is 13.5. The van der Waals surface area contributed by atoms with Crippen molar-refractivity contribution in [2.75, 3.05) is 6.61 Å². The molecule has 0 fully saturated rings. The fraction of sp³-hybridized carbons (Fsp3) is 0.400. The van der Waals surface area contributed by atoms with Gasteiger partial charge in [-0.05, 0) is 37.7 Å². The second kappa shape index (κ2) is 6.83. The lowest BCUT2D eigenvalue weighted by Gasteiger charge is -2.23. The zero-order valence-electron chi connectivity index (χ0n) is 11.2. The Hall–Kier alpha value is -1.97. The van der Waals surface area contributed by atoms with Gasteiger partial charge in [0, 0.05) is 5.70 Å². The summed E-state index contributed by atoms with van der Waals surface area (Å²) in [6, 6.07) is 10.5. The third-order valence-corrected chi connectivity index (χ3v) is 3.28. The van der Waals surface area contributed by atoms with Gasteiger partial charge in [0.25, 0.3) is 0 Å². The summed E-state index contributed by atoms with van der Waals surface area (Å²) < 4.78 is 4.78. The van der Waals surface area contributed by atoms with Crippen LogP contribution in [-0.4, -0.2) is 12.7 Å². The van der Waals surface area contributed by atoms with Crippen molar-refractivity contribution in [3.8, 4) is 0 Å². The van der Waals surface area contributed by atoms with Crippen LogP contribution in [0.3, 0.4) is 0 Å². The smallest absolute Gasteiger partial charge is 0.425 e. The predicted octanol–water partition coefficient (Wildman–Crippen LogP) is 3.09. The fourth-order valence-electron chi connectivity index (χ4n) is 2.27. The van der Waals surface area contributed by atoms with E-state index < -0.39 is 6.09 Å². The summed E-state index contributed by atoms with van der Waals surface area (Å²) in [7, 11) is 0. The van der Waals surface area contributed by atoms with E-state index in [1.807, 2.05) is 6.07 Å². The predicted molar refractivity (Wildman–Crippen MR) is 74.4 cm³/mol. The van der Waals surface area contributed by atoms with Crippen molar-refractivity contribution >= 4 is 6.09 Å². The maximum atomic E-state index is 11.1. The van der Waals surface area contributed by atoms with E-state index in [2.05, 4.69) is 41.2 Å². The minimum Gasteiger partial charge on any atom is -0.449 e. The van der Waals surface area contributed by atoms with Gasteiger partial charge < -0.3 is 10.2 Å². The Bertz CT molecular complexity index is 443. The van der Waals surface area contributed by atoms with Gasteiger partial charge in [-0.3, -0.25) is 0 Å². The summed E-state index contributed by atoms with van der Waals surface area (Å²) in [6.45, 7) is 2.16. The van der Waals surface area contributed by atoms with Gasteiger partial charge in [0.1, 0.15) is 0 Å². The molecule has 1 aromatic carbocycles. The van der Waals surface area contributed by atoms with Gasteiger partial charge in [-0.2, -0.15) is 0 Å². The summed E-state index contributed by atoms with van der Waals surface area (Å²) in [5.41, 5.74) is 7.88. The number of nitrogens with one attached hydrogen (secondary N) is 2. The van der Waals surface area contributed by atoms with Gasteiger partial charge in [0.05, 0.1) is 6.61 Å². The van der Waals surface area contributed by atoms with Crippen LogP contribution in [-0.2, 0) is 4.74 Å². The van der Waals surface area contributed by atoms with Crippen LogP contribution in [0, 0.1) is 0 Å². The van der Waals surface area contributed by atoms with E-state index in [1.165, 1.54) is 5.56 Å². The van der Waals surface area contributed by atoms with Crippen molar-refractivity contribution in [2.24, 2.45) is 0 Å². The number of amides is 1. The zero-order valence-corrected chi connectivity index (χ0v) is 11.2. The standard InChI is InChI=1S/C15H20N2O2/c1-2-19-15(18)17-16-14-10-8-13(9-11-14)12-6-4-3-5-7-12/h3-7,10,13,16H,2,8-9,11H2,1H3,(H,17,18)/t13-/m0/s1. The Kier molecular flexibility index (Phi) is 4.84. The maximum absolute atomic E-state index is 11.1. The van der Waals surface area contributed by atoms with E-state index >= 15 is 0 Å². The number of carbonyl (C=O) groups is 1. The Balaban J connectivity index is 1.82. The lowest BCUT2D eigenvalue weighted by Crippen LogP contribution is -2.37. The molecule has 0 aliphatic heterocycles.